The Labute approximate surface area is 224 Å². The van der Waals surface area contributed by atoms with Gasteiger partial charge in [-0.05, 0) is 72.6 Å². The van der Waals surface area contributed by atoms with Crippen molar-refractivity contribution in [2.24, 2.45) is 0 Å². The Kier molecular flexibility index (Phi) is 7.12. The Bertz CT molecular complexity index is 1660. The van der Waals surface area contributed by atoms with Crippen molar-refractivity contribution in [2.45, 2.75) is 18.9 Å². The highest BCUT2D eigenvalue weighted by molar-refractivity contribution is 6.00. The van der Waals surface area contributed by atoms with Gasteiger partial charge in [0, 0.05) is 17.5 Å². The molecule has 5 rings (SSSR count). The fourth-order valence-corrected chi connectivity index (χ4v) is 4.32. The fraction of sp³-hybridized carbons (Fsp3) is 0.129. The van der Waals surface area contributed by atoms with Crippen LogP contribution in [0.4, 0.5) is 5.69 Å². The molecule has 39 heavy (non-hydrogen) atoms. The highest BCUT2D eigenvalue weighted by atomic mass is 16.5. The first-order valence-electron chi connectivity index (χ1n) is 12.3. The molecule has 1 heterocycles. The van der Waals surface area contributed by atoms with E-state index in [-0.39, 0.29) is 6.42 Å². The van der Waals surface area contributed by atoms with Crippen LogP contribution in [0.1, 0.15) is 16.8 Å². The third kappa shape index (κ3) is 5.51. The topological polar surface area (TPSA) is 111 Å². The third-order valence-electron chi connectivity index (χ3n) is 6.46. The Morgan fingerprint density at radius 1 is 0.897 bits per heavy atom. The van der Waals surface area contributed by atoms with E-state index >= 15 is 0 Å². The largest absolute Gasteiger partial charge is 0.497 e. The van der Waals surface area contributed by atoms with Crippen molar-refractivity contribution >= 4 is 22.4 Å². The zero-order chi connectivity index (χ0) is 27.4. The van der Waals surface area contributed by atoms with Crippen LogP contribution in [0.15, 0.2) is 106 Å². The Morgan fingerprint density at radius 3 is 2.26 bits per heavy atom. The molecule has 0 aliphatic heterocycles. The number of ether oxygens (including phenoxy) is 2. The number of hydrogen-bond donors (Lipinski definition) is 2. The first-order chi connectivity index (χ1) is 18.9. The zero-order valence-electron chi connectivity index (χ0n) is 21.4. The number of hydrogen-bond acceptors (Lipinski definition) is 7. The number of nitrogens with zero attached hydrogens (tertiary/aromatic N) is 1. The summed E-state index contributed by atoms with van der Waals surface area (Å²) in [4.78, 5) is 25.7. The molecule has 0 aliphatic rings. The van der Waals surface area contributed by atoms with Gasteiger partial charge in [-0.15, -0.1) is 0 Å². The lowest BCUT2D eigenvalue weighted by Crippen LogP contribution is -2.42. The maximum atomic E-state index is 13.7. The summed E-state index contributed by atoms with van der Waals surface area (Å²) in [5, 5.41) is 19.4. The molecule has 0 aliphatic carbocycles. The quantitative estimate of drug-likeness (QED) is 0.282. The second kappa shape index (κ2) is 10.8. The summed E-state index contributed by atoms with van der Waals surface area (Å²) in [6, 6.07) is 28.0. The van der Waals surface area contributed by atoms with Gasteiger partial charge in [0.2, 0.25) is 0 Å². The van der Waals surface area contributed by atoms with E-state index in [1.54, 1.807) is 80.8 Å². The molecule has 5 aromatic rings. The summed E-state index contributed by atoms with van der Waals surface area (Å²) < 4.78 is 15.9. The number of rotatable bonds is 8. The maximum Gasteiger partial charge on any atom is 0.366 e. The van der Waals surface area contributed by atoms with Gasteiger partial charge in [0.05, 0.1) is 18.2 Å². The van der Waals surface area contributed by atoms with Gasteiger partial charge in [-0.1, -0.05) is 47.6 Å². The number of aryl methyl sites for hydroxylation is 1. The molecular weight excluding hydrogens is 496 g/mol. The minimum atomic E-state index is -1.93. The average molecular weight is 523 g/mol. The van der Waals surface area contributed by atoms with Gasteiger partial charge in [-0.2, -0.15) is 0 Å². The van der Waals surface area contributed by atoms with Gasteiger partial charge in [-0.3, -0.25) is 4.79 Å². The van der Waals surface area contributed by atoms with E-state index in [0.29, 0.717) is 45.0 Å². The normalized spacial score (nSPS) is 12.5. The first kappa shape index (κ1) is 25.7. The lowest BCUT2D eigenvalue weighted by atomic mass is 9.86. The number of para-hydroxylation sites is 1. The van der Waals surface area contributed by atoms with Crippen molar-refractivity contribution in [2.75, 3.05) is 12.4 Å². The molecule has 1 unspecified atom stereocenters. The first-order valence-corrected chi connectivity index (χ1v) is 12.3. The highest BCUT2D eigenvalue weighted by Gasteiger charge is 2.38. The summed E-state index contributed by atoms with van der Waals surface area (Å²) in [6.45, 7) is 1.70. The zero-order valence-corrected chi connectivity index (χ0v) is 21.4. The lowest BCUT2D eigenvalue weighted by Gasteiger charge is -2.28. The summed E-state index contributed by atoms with van der Waals surface area (Å²) >= 11 is 0. The van der Waals surface area contributed by atoms with Crippen molar-refractivity contribution in [1.29, 1.82) is 0 Å². The predicted octanol–water partition coefficient (Wildman–Crippen LogP) is 5.37. The molecule has 196 valence electrons. The summed E-state index contributed by atoms with van der Waals surface area (Å²) in [5.41, 5.74) is -0.479. The van der Waals surface area contributed by atoms with Gasteiger partial charge in [0.15, 0.2) is 5.60 Å². The van der Waals surface area contributed by atoms with Crippen LogP contribution >= 0.6 is 0 Å². The number of carbonyl (C=O) groups is 1. The van der Waals surface area contributed by atoms with Crippen LogP contribution in [0.3, 0.4) is 0 Å². The van der Waals surface area contributed by atoms with E-state index in [1.165, 1.54) is 0 Å². The summed E-state index contributed by atoms with van der Waals surface area (Å²) in [5.74, 6) is 1.27. The van der Waals surface area contributed by atoms with E-state index in [4.69, 9.17) is 14.0 Å². The highest BCUT2D eigenvalue weighted by Crippen LogP contribution is 2.31. The number of fused-ring (bicyclic) bond motifs is 1. The van der Waals surface area contributed by atoms with Crippen LogP contribution in [-0.2, 0) is 16.8 Å². The molecule has 1 amide bonds. The van der Waals surface area contributed by atoms with Crippen molar-refractivity contribution < 1.29 is 23.9 Å². The molecular formula is C31H26N2O6. The fourth-order valence-electron chi connectivity index (χ4n) is 4.32. The van der Waals surface area contributed by atoms with Gasteiger partial charge >= 0.3 is 5.63 Å². The number of aliphatic hydroxyl groups is 1. The van der Waals surface area contributed by atoms with Crippen molar-refractivity contribution in [3.63, 3.8) is 0 Å². The molecule has 0 radical (unpaired) electrons. The third-order valence-corrected chi connectivity index (χ3v) is 6.46. The van der Waals surface area contributed by atoms with Gasteiger partial charge in [-0.25, -0.2) is 4.79 Å². The number of benzene rings is 4. The Hall–Kier alpha value is -4.95. The van der Waals surface area contributed by atoms with Crippen LogP contribution in [0.2, 0.25) is 0 Å². The number of methoxy groups -OCH3 is 1. The molecule has 2 N–H and O–H groups in total. The number of nitrogens with one attached hydrogen (secondary N) is 1. The molecule has 0 saturated heterocycles. The standard InChI is InChI=1S/C31H26N2O6/c1-20-28-18-23(12-17-27(28)29(34)39-33-20)32-30(35)31(36,19-21-8-13-24(37-2)14-9-21)22-10-15-26(16-11-22)38-25-6-4-3-5-7-25/h3-18,36H,19H2,1-2H3,(H,32,35). The number of carbonyl (C=O) groups excluding carboxylic acids is 1. The molecule has 0 bridgehead atoms. The predicted molar refractivity (Wildman–Crippen MR) is 147 cm³/mol. The van der Waals surface area contributed by atoms with E-state index < -0.39 is 17.1 Å². The summed E-state index contributed by atoms with van der Waals surface area (Å²) in [6.07, 6.45) is -0.000526. The van der Waals surface area contributed by atoms with E-state index in [1.807, 2.05) is 30.3 Å². The van der Waals surface area contributed by atoms with Crippen LogP contribution in [0.5, 0.6) is 17.2 Å². The number of anilines is 1. The molecule has 8 nitrogen and oxygen atoms in total. The molecule has 1 aromatic heterocycles. The second-order valence-electron chi connectivity index (χ2n) is 9.09. The SMILES string of the molecule is COc1ccc(CC(O)(C(=O)Nc2ccc3c(=O)onc(C)c3c2)c2ccc(Oc3ccccc3)cc2)cc1. The van der Waals surface area contributed by atoms with Crippen LogP contribution in [0, 0.1) is 6.92 Å². The number of amides is 1. The van der Waals surface area contributed by atoms with Gasteiger partial charge < -0.3 is 24.4 Å². The second-order valence-corrected chi connectivity index (χ2v) is 9.09. The molecule has 1 atom stereocenters. The van der Waals surface area contributed by atoms with Gasteiger partial charge in [0.1, 0.15) is 17.2 Å². The van der Waals surface area contributed by atoms with Gasteiger partial charge in [0.25, 0.3) is 5.91 Å². The van der Waals surface area contributed by atoms with Crippen LogP contribution in [-0.4, -0.2) is 23.3 Å². The van der Waals surface area contributed by atoms with Crippen molar-refractivity contribution in [3.05, 3.63) is 124 Å². The molecule has 0 spiro atoms. The van der Waals surface area contributed by atoms with Crippen molar-refractivity contribution in [3.8, 4) is 17.2 Å². The average Bonchev–Trinajstić information content (AvgIpc) is 2.96. The molecule has 0 saturated carbocycles. The molecule has 0 fully saturated rings. The van der Waals surface area contributed by atoms with E-state index in [2.05, 4.69) is 10.5 Å². The van der Waals surface area contributed by atoms with Crippen LogP contribution in [0.25, 0.3) is 10.8 Å². The smallest absolute Gasteiger partial charge is 0.366 e. The Balaban J connectivity index is 1.47. The number of aromatic nitrogens is 1. The maximum absolute atomic E-state index is 13.7. The minimum absolute atomic E-state index is 0.000526. The molecule has 4 aromatic carbocycles. The van der Waals surface area contributed by atoms with Crippen LogP contribution < -0.4 is 20.4 Å². The monoisotopic (exact) mass is 522 g/mol. The molecule has 8 heteroatoms. The lowest BCUT2D eigenvalue weighted by molar-refractivity contribution is -0.135. The van der Waals surface area contributed by atoms with E-state index in [0.717, 1.165) is 5.56 Å². The summed E-state index contributed by atoms with van der Waals surface area (Å²) in [7, 11) is 1.57. The van der Waals surface area contributed by atoms with Crippen molar-refractivity contribution in [1.82, 2.24) is 5.16 Å². The Morgan fingerprint density at radius 2 is 1.56 bits per heavy atom. The minimum Gasteiger partial charge on any atom is -0.497 e. The van der Waals surface area contributed by atoms with E-state index in [9.17, 15) is 14.7 Å².